The Bertz CT molecular complexity index is 825. The Kier molecular flexibility index (Phi) is 3.87. The van der Waals surface area contributed by atoms with Crippen LogP contribution in [-0.2, 0) is 0 Å². The predicted octanol–water partition coefficient (Wildman–Crippen LogP) is 1.81. The van der Waals surface area contributed by atoms with Gasteiger partial charge in [-0.1, -0.05) is 23.4 Å². The van der Waals surface area contributed by atoms with Gasteiger partial charge in [0.1, 0.15) is 0 Å². The fourth-order valence-corrected chi connectivity index (χ4v) is 2.96. The summed E-state index contributed by atoms with van der Waals surface area (Å²) in [5, 5.41) is 12.1. The first-order valence-electron chi connectivity index (χ1n) is 8.09. The summed E-state index contributed by atoms with van der Waals surface area (Å²) in [6.07, 6.45) is 1.94. The van der Waals surface area contributed by atoms with Crippen LogP contribution < -0.4 is 5.32 Å². The number of rotatable bonds is 3. The van der Waals surface area contributed by atoms with Gasteiger partial charge in [-0.3, -0.25) is 4.90 Å². The van der Waals surface area contributed by atoms with Crippen LogP contribution in [0.2, 0.25) is 0 Å². The lowest BCUT2D eigenvalue weighted by Gasteiger charge is -2.30. The maximum atomic E-state index is 5.51. The molecule has 1 aromatic carbocycles. The normalized spacial score (nSPS) is 18.8. The number of aromatic nitrogens is 4. The van der Waals surface area contributed by atoms with Crippen LogP contribution in [0.1, 0.15) is 17.6 Å². The van der Waals surface area contributed by atoms with Crippen molar-refractivity contribution in [3.8, 4) is 17.1 Å². The second-order valence-electron chi connectivity index (χ2n) is 6.07. The molecule has 0 saturated carbocycles. The molecule has 0 radical (unpaired) electrons. The van der Waals surface area contributed by atoms with Gasteiger partial charge in [0.15, 0.2) is 5.82 Å². The van der Waals surface area contributed by atoms with Gasteiger partial charge >= 0.3 is 0 Å². The van der Waals surface area contributed by atoms with E-state index in [1.54, 1.807) is 0 Å². The Morgan fingerprint density at radius 2 is 2.08 bits per heavy atom. The molecular formula is C17H20N6O. The third-order valence-corrected chi connectivity index (χ3v) is 4.40. The molecule has 3 heterocycles. The second-order valence-corrected chi connectivity index (χ2v) is 6.07. The van der Waals surface area contributed by atoms with E-state index in [-0.39, 0.29) is 6.04 Å². The van der Waals surface area contributed by atoms with Crippen molar-refractivity contribution < 1.29 is 4.52 Å². The third-order valence-electron chi connectivity index (χ3n) is 4.40. The van der Waals surface area contributed by atoms with Crippen LogP contribution in [0.4, 0.5) is 0 Å². The molecule has 1 fully saturated rings. The van der Waals surface area contributed by atoms with E-state index in [2.05, 4.69) is 32.5 Å². The highest BCUT2D eigenvalue weighted by molar-refractivity contribution is 5.56. The maximum Gasteiger partial charge on any atom is 0.261 e. The number of nitrogens with one attached hydrogen (secondary N) is 1. The maximum absolute atomic E-state index is 5.51. The number of benzene rings is 1. The van der Waals surface area contributed by atoms with Crippen molar-refractivity contribution in [2.24, 2.45) is 0 Å². The molecule has 1 aliphatic heterocycles. The van der Waals surface area contributed by atoms with Crippen molar-refractivity contribution in [2.45, 2.75) is 13.0 Å². The van der Waals surface area contributed by atoms with E-state index in [0.717, 1.165) is 36.6 Å². The summed E-state index contributed by atoms with van der Waals surface area (Å²) in [6.45, 7) is 4.74. The van der Waals surface area contributed by atoms with Gasteiger partial charge in [0.05, 0.1) is 23.0 Å². The van der Waals surface area contributed by atoms with E-state index in [4.69, 9.17) is 4.52 Å². The summed E-state index contributed by atoms with van der Waals surface area (Å²) < 4.78 is 7.35. The molecule has 0 aliphatic carbocycles. The first-order valence-corrected chi connectivity index (χ1v) is 8.09. The monoisotopic (exact) mass is 324 g/mol. The minimum absolute atomic E-state index is 0.140. The minimum atomic E-state index is 0.140. The predicted molar refractivity (Wildman–Crippen MR) is 89.8 cm³/mol. The van der Waals surface area contributed by atoms with E-state index < -0.39 is 0 Å². The molecule has 0 spiro atoms. The molecule has 7 nitrogen and oxygen atoms in total. The molecule has 3 aromatic rings. The molecule has 0 bridgehead atoms. The summed E-state index contributed by atoms with van der Waals surface area (Å²) in [5.74, 6) is 1.23. The summed E-state index contributed by atoms with van der Waals surface area (Å²) in [5.41, 5.74) is 2.73. The van der Waals surface area contributed by atoms with E-state index in [1.807, 2.05) is 48.1 Å². The van der Waals surface area contributed by atoms with Crippen molar-refractivity contribution in [1.29, 1.82) is 0 Å². The summed E-state index contributed by atoms with van der Waals surface area (Å²) in [4.78, 5) is 6.85. The molecule has 24 heavy (non-hydrogen) atoms. The third kappa shape index (κ3) is 2.72. The Hall–Kier alpha value is -2.51. The number of likely N-dealkylation sites (N-methyl/N-ethyl adjacent to an activating group) is 1. The van der Waals surface area contributed by atoms with Crippen LogP contribution in [0.25, 0.3) is 17.1 Å². The topological polar surface area (TPSA) is 72.0 Å². The van der Waals surface area contributed by atoms with Crippen molar-refractivity contribution >= 4 is 0 Å². The molecular weight excluding hydrogens is 304 g/mol. The molecule has 1 saturated heterocycles. The van der Waals surface area contributed by atoms with Crippen LogP contribution >= 0.6 is 0 Å². The van der Waals surface area contributed by atoms with Gasteiger partial charge in [0, 0.05) is 25.8 Å². The molecule has 7 heteroatoms. The van der Waals surface area contributed by atoms with Crippen molar-refractivity contribution in [3.63, 3.8) is 0 Å². The fraction of sp³-hybridized carbons (Fsp3) is 0.353. The lowest BCUT2D eigenvalue weighted by Crippen LogP contribution is -2.44. The van der Waals surface area contributed by atoms with Gasteiger partial charge in [-0.25, -0.2) is 4.68 Å². The van der Waals surface area contributed by atoms with Gasteiger partial charge in [-0.05, 0) is 26.1 Å². The van der Waals surface area contributed by atoms with Crippen LogP contribution in [0.15, 0.2) is 41.1 Å². The number of piperazine rings is 1. The van der Waals surface area contributed by atoms with E-state index >= 15 is 0 Å². The lowest BCUT2D eigenvalue weighted by atomic mass is 10.2. The van der Waals surface area contributed by atoms with Gasteiger partial charge in [0.2, 0.25) is 0 Å². The van der Waals surface area contributed by atoms with Crippen molar-refractivity contribution in [2.75, 3.05) is 26.7 Å². The number of nitrogens with zero attached hydrogens (tertiary/aromatic N) is 5. The molecule has 1 N–H and O–H groups in total. The molecule has 1 atom stereocenters. The van der Waals surface area contributed by atoms with Crippen molar-refractivity contribution in [1.82, 2.24) is 30.1 Å². The van der Waals surface area contributed by atoms with Crippen LogP contribution in [-0.4, -0.2) is 51.5 Å². The highest BCUT2D eigenvalue weighted by Gasteiger charge is 2.26. The standard InChI is InChI=1S/C17H20N6O/c1-12-14(11-23(20-12)13-6-4-3-5-7-13)17-19-16(21-24-17)15-10-18-8-9-22(15)2/h3-7,11,15,18H,8-10H2,1-2H3. The van der Waals surface area contributed by atoms with E-state index in [9.17, 15) is 0 Å². The molecule has 4 rings (SSSR count). The van der Waals surface area contributed by atoms with E-state index in [0.29, 0.717) is 11.7 Å². The SMILES string of the molecule is Cc1nn(-c2ccccc2)cc1-c1nc(C2CNCCN2C)no1. The van der Waals surface area contributed by atoms with Gasteiger partial charge in [0.25, 0.3) is 5.89 Å². The largest absolute Gasteiger partial charge is 0.334 e. The zero-order chi connectivity index (χ0) is 16.5. The number of para-hydroxylation sites is 1. The lowest BCUT2D eigenvalue weighted by molar-refractivity contribution is 0.190. The number of hydrogen-bond acceptors (Lipinski definition) is 6. The summed E-state index contributed by atoms with van der Waals surface area (Å²) in [6, 6.07) is 10.1. The quantitative estimate of drug-likeness (QED) is 0.792. The second kappa shape index (κ2) is 6.18. The molecule has 0 amide bonds. The van der Waals surface area contributed by atoms with Crippen LogP contribution in [0.5, 0.6) is 0 Å². The zero-order valence-corrected chi connectivity index (χ0v) is 13.8. The zero-order valence-electron chi connectivity index (χ0n) is 13.8. The average molecular weight is 324 g/mol. The van der Waals surface area contributed by atoms with Crippen LogP contribution in [0.3, 0.4) is 0 Å². The number of aryl methyl sites for hydroxylation is 1. The summed E-state index contributed by atoms with van der Waals surface area (Å²) in [7, 11) is 2.08. The molecule has 124 valence electrons. The van der Waals surface area contributed by atoms with Gasteiger partial charge in [-0.15, -0.1) is 0 Å². The van der Waals surface area contributed by atoms with Gasteiger partial charge in [-0.2, -0.15) is 10.1 Å². The molecule has 1 aliphatic rings. The molecule has 2 aromatic heterocycles. The highest BCUT2D eigenvalue weighted by Crippen LogP contribution is 2.25. The molecule has 1 unspecified atom stereocenters. The first kappa shape index (κ1) is 15.0. The Morgan fingerprint density at radius 3 is 2.88 bits per heavy atom. The number of hydrogen-bond donors (Lipinski definition) is 1. The smallest absolute Gasteiger partial charge is 0.261 e. The summed E-state index contributed by atoms with van der Waals surface area (Å²) >= 11 is 0. The Morgan fingerprint density at radius 1 is 1.25 bits per heavy atom. The Balaban J connectivity index is 1.64. The highest BCUT2D eigenvalue weighted by atomic mass is 16.5. The first-order chi connectivity index (χ1) is 11.7. The van der Waals surface area contributed by atoms with Crippen molar-refractivity contribution in [3.05, 3.63) is 48.0 Å². The fourth-order valence-electron chi connectivity index (χ4n) is 2.96. The minimum Gasteiger partial charge on any atom is -0.334 e. The van der Waals surface area contributed by atoms with Crippen LogP contribution in [0, 0.1) is 6.92 Å². The van der Waals surface area contributed by atoms with E-state index in [1.165, 1.54) is 0 Å². The average Bonchev–Trinajstić information content (AvgIpc) is 3.23. The Labute approximate surface area is 140 Å². The van der Waals surface area contributed by atoms with Gasteiger partial charge < -0.3 is 9.84 Å².